The van der Waals surface area contributed by atoms with Crippen molar-refractivity contribution in [2.75, 3.05) is 13.2 Å². The molecule has 0 aliphatic rings. The van der Waals surface area contributed by atoms with Gasteiger partial charge >= 0.3 is 49.7 Å². The van der Waals surface area contributed by atoms with E-state index in [4.69, 9.17) is 0 Å². The Labute approximate surface area is 151 Å². The minimum absolute atomic E-state index is 0. The summed E-state index contributed by atoms with van der Waals surface area (Å²) in [6.45, 7) is 3.98. The summed E-state index contributed by atoms with van der Waals surface area (Å²) < 4.78 is 9.07. The van der Waals surface area contributed by atoms with E-state index < -0.39 is 23.9 Å². The first-order valence-electron chi connectivity index (χ1n) is 5.45. The monoisotopic (exact) mass is 326 g/mol. The quantitative estimate of drug-likeness (QED) is 0.293. The number of carbonyl (C=O) groups is 4. The molecule has 0 saturated heterocycles. The number of ether oxygens (including phenoxy) is 2. The summed E-state index contributed by atoms with van der Waals surface area (Å²) in [5, 5.41) is 18.8. The maximum atomic E-state index is 10.6. The Balaban J connectivity index is -0.000000317. The SMILES string of the molecule is CCOC(=O)/C=C/C(=O)OCC.O=C([O-])/C=C/C(=O)[O-].[Ca+2]. The van der Waals surface area contributed by atoms with Crippen LogP contribution in [0.3, 0.4) is 0 Å². The summed E-state index contributed by atoms with van der Waals surface area (Å²) in [5.74, 6) is -4.17. The molecule has 0 unspecified atom stereocenters. The van der Waals surface area contributed by atoms with Crippen LogP contribution in [0.25, 0.3) is 0 Å². The molecule has 8 nitrogen and oxygen atoms in total. The van der Waals surface area contributed by atoms with Crippen molar-refractivity contribution in [2.45, 2.75) is 13.8 Å². The normalized spacial score (nSPS) is 9.24. The molecule has 0 heterocycles. The molecule has 0 aromatic carbocycles. The van der Waals surface area contributed by atoms with Gasteiger partial charge in [-0.2, -0.15) is 0 Å². The van der Waals surface area contributed by atoms with Gasteiger partial charge in [0, 0.05) is 12.2 Å². The third-order valence-electron chi connectivity index (χ3n) is 1.28. The van der Waals surface area contributed by atoms with Gasteiger partial charge in [0.15, 0.2) is 0 Å². The largest absolute Gasteiger partial charge is 2.00 e. The van der Waals surface area contributed by atoms with Crippen LogP contribution in [0.5, 0.6) is 0 Å². The average molecular weight is 326 g/mol. The molecule has 0 fully saturated rings. The van der Waals surface area contributed by atoms with E-state index in [2.05, 4.69) is 9.47 Å². The van der Waals surface area contributed by atoms with Crippen molar-refractivity contribution in [1.29, 1.82) is 0 Å². The molecule has 0 bridgehead atoms. The van der Waals surface area contributed by atoms with Crippen LogP contribution in [0, 0.1) is 0 Å². The molecule has 0 atom stereocenters. The van der Waals surface area contributed by atoms with Gasteiger partial charge in [0.2, 0.25) is 0 Å². The predicted octanol–water partition coefficient (Wildman–Crippen LogP) is -2.67. The molecule has 0 radical (unpaired) electrons. The molecule has 0 rings (SSSR count). The van der Waals surface area contributed by atoms with Crippen LogP contribution in [0.2, 0.25) is 0 Å². The molecular weight excluding hydrogens is 312 g/mol. The smallest absolute Gasteiger partial charge is 0.545 e. The Morgan fingerprint density at radius 3 is 1.24 bits per heavy atom. The summed E-state index contributed by atoms with van der Waals surface area (Å²) in [7, 11) is 0. The van der Waals surface area contributed by atoms with Crippen molar-refractivity contribution in [3.8, 4) is 0 Å². The molecule has 0 spiro atoms. The van der Waals surface area contributed by atoms with E-state index in [1.807, 2.05) is 0 Å². The van der Waals surface area contributed by atoms with Gasteiger partial charge in [-0.3, -0.25) is 0 Å². The topological polar surface area (TPSA) is 133 Å². The zero-order chi connectivity index (χ0) is 16.0. The Morgan fingerprint density at radius 1 is 0.762 bits per heavy atom. The predicted molar refractivity (Wildman–Crippen MR) is 67.3 cm³/mol. The average Bonchev–Trinajstić information content (AvgIpc) is 2.35. The zero-order valence-electron chi connectivity index (χ0n) is 11.7. The van der Waals surface area contributed by atoms with E-state index in [-0.39, 0.29) is 37.7 Å². The van der Waals surface area contributed by atoms with Crippen LogP contribution in [0.15, 0.2) is 24.3 Å². The molecule has 0 N–H and O–H groups in total. The number of carboxylic acids is 2. The van der Waals surface area contributed by atoms with Crippen molar-refractivity contribution in [3.05, 3.63) is 24.3 Å². The maximum absolute atomic E-state index is 10.6. The van der Waals surface area contributed by atoms with Gasteiger partial charge < -0.3 is 29.3 Å². The fourth-order valence-electron chi connectivity index (χ4n) is 0.653. The Hall–Kier alpha value is -1.38. The maximum Gasteiger partial charge on any atom is 2.00 e. The van der Waals surface area contributed by atoms with E-state index in [1.165, 1.54) is 0 Å². The molecule has 0 aliphatic heterocycles. The van der Waals surface area contributed by atoms with E-state index in [0.717, 1.165) is 12.2 Å². The number of esters is 2. The number of rotatable bonds is 6. The van der Waals surface area contributed by atoms with E-state index in [1.54, 1.807) is 13.8 Å². The van der Waals surface area contributed by atoms with Crippen molar-refractivity contribution in [2.24, 2.45) is 0 Å². The van der Waals surface area contributed by atoms with Gasteiger partial charge in [0.1, 0.15) is 0 Å². The summed E-state index contributed by atoms with van der Waals surface area (Å²) in [5.41, 5.74) is 0. The first-order valence-corrected chi connectivity index (χ1v) is 5.45. The van der Waals surface area contributed by atoms with E-state index in [9.17, 15) is 29.4 Å². The third kappa shape index (κ3) is 24.1. The first-order chi connectivity index (χ1) is 9.33. The molecule has 9 heteroatoms. The summed E-state index contributed by atoms with van der Waals surface area (Å²) in [6, 6.07) is 0. The standard InChI is InChI=1S/C8H12O4.C4H4O4.Ca/c1-3-11-7(9)5-6-8(10)12-4-2;5-3(6)1-2-4(7)8;/h5-6H,3-4H2,1-2H3;1-2H,(H,5,6)(H,7,8);/q;;+2/p-2/b6-5+;2-1+;. The van der Waals surface area contributed by atoms with Crippen molar-refractivity contribution < 1.29 is 38.9 Å². The molecule has 0 amide bonds. The van der Waals surface area contributed by atoms with E-state index >= 15 is 0 Å². The third-order valence-corrected chi connectivity index (χ3v) is 1.28. The molecular formula is C12H14CaO8. The van der Waals surface area contributed by atoms with Crippen molar-refractivity contribution >= 4 is 61.6 Å². The number of hydrogen-bond donors (Lipinski definition) is 0. The fourth-order valence-corrected chi connectivity index (χ4v) is 0.653. The van der Waals surface area contributed by atoms with Gasteiger partial charge in [0.05, 0.1) is 25.2 Å². The van der Waals surface area contributed by atoms with Crippen molar-refractivity contribution in [3.63, 3.8) is 0 Å². The second-order valence-electron chi connectivity index (χ2n) is 2.81. The number of carboxylic acid groups (broad SMARTS) is 2. The fraction of sp³-hybridized carbons (Fsp3) is 0.333. The summed E-state index contributed by atoms with van der Waals surface area (Å²) in [6.07, 6.45) is 2.85. The number of aliphatic carboxylic acids is 2. The van der Waals surface area contributed by atoms with Crippen LogP contribution in [-0.2, 0) is 28.7 Å². The molecule has 21 heavy (non-hydrogen) atoms. The van der Waals surface area contributed by atoms with Crippen molar-refractivity contribution in [1.82, 2.24) is 0 Å². The van der Waals surface area contributed by atoms with Crippen LogP contribution in [-0.4, -0.2) is 74.8 Å². The summed E-state index contributed by atoms with van der Waals surface area (Å²) in [4.78, 5) is 40.1. The molecule has 112 valence electrons. The van der Waals surface area contributed by atoms with Crippen LogP contribution in [0.4, 0.5) is 0 Å². The Kier molecular flexibility index (Phi) is 19.6. The van der Waals surface area contributed by atoms with E-state index in [0.29, 0.717) is 25.4 Å². The molecule has 0 aromatic rings. The minimum Gasteiger partial charge on any atom is -0.545 e. The number of carbonyl (C=O) groups excluding carboxylic acids is 4. The van der Waals surface area contributed by atoms with Gasteiger partial charge in [0.25, 0.3) is 0 Å². The van der Waals surface area contributed by atoms with Crippen LogP contribution in [0.1, 0.15) is 13.8 Å². The zero-order valence-corrected chi connectivity index (χ0v) is 13.9. The Bertz CT molecular complexity index is 364. The van der Waals surface area contributed by atoms with Gasteiger partial charge in [-0.1, -0.05) is 0 Å². The Morgan fingerprint density at radius 2 is 1.05 bits per heavy atom. The van der Waals surface area contributed by atoms with Crippen LogP contribution >= 0.6 is 0 Å². The summed E-state index contributed by atoms with van der Waals surface area (Å²) >= 11 is 0. The molecule has 0 saturated carbocycles. The second kappa shape index (κ2) is 16.7. The second-order valence-corrected chi connectivity index (χ2v) is 2.81. The van der Waals surface area contributed by atoms with Gasteiger partial charge in [-0.15, -0.1) is 0 Å². The first kappa shape index (κ1) is 24.6. The van der Waals surface area contributed by atoms with Gasteiger partial charge in [-0.25, -0.2) is 9.59 Å². The molecule has 0 aromatic heterocycles. The van der Waals surface area contributed by atoms with Gasteiger partial charge in [-0.05, 0) is 26.0 Å². The van der Waals surface area contributed by atoms with Crippen LogP contribution < -0.4 is 10.2 Å². The number of hydrogen-bond acceptors (Lipinski definition) is 8. The molecule has 0 aliphatic carbocycles. The minimum atomic E-state index is -1.55.